The van der Waals surface area contributed by atoms with Crippen molar-refractivity contribution in [2.24, 2.45) is 0 Å². The van der Waals surface area contributed by atoms with Crippen molar-refractivity contribution in [1.82, 2.24) is 14.5 Å². The molecule has 0 aliphatic heterocycles. The number of urea groups is 1. The number of nitrogens with zero attached hydrogens (tertiary/aromatic N) is 3. The van der Waals surface area contributed by atoms with Crippen LogP contribution in [0.4, 0.5) is 9.80 Å². The van der Waals surface area contributed by atoms with Crippen LogP contribution in [-0.4, -0.2) is 45.2 Å². The van der Waals surface area contributed by atoms with Crippen LogP contribution in [-0.2, 0) is 4.79 Å². The average molecular weight is 244 g/mol. The Morgan fingerprint density at radius 1 is 1.62 bits per heavy atom. The van der Waals surface area contributed by atoms with Crippen LogP contribution in [0.3, 0.4) is 0 Å². The summed E-state index contributed by atoms with van der Waals surface area (Å²) in [4.78, 5) is 23.2. The summed E-state index contributed by atoms with van der Waals surface area (Å²) >= 11 is 1.08. The van der Waals surface area contributed by atoms with E-state index in [1.165, 1.54) is 11.1 Å². The zero-order valence-electron chi connectivity index (χ0n) is 8.71. The fourth-order valence-electron chi connectivity index (χ4n) is 0.992. The van der Waals surface area contributed by atoms with Gasteiger partial charge in [-0.05, 0) is 6.42 Å². The monoisotopic (exact) mass is 244 g/mol. The third-order valence-electron chi connectivity index (χ3n) is 1.82. The van der Waals surface area contributed by atoms with Gasteiger partial charge < -0.3 is 10.0 Å². The molecule has 8 heteroatoms. The first-order valence-electron chi connectivity index (χ1n) is 4.61. The van der Waals surface area contributed by atoms with Crippen molar-refractivity contribution in [3.8, 4) is 0 Å². The molecule has 88 valence electrons. The SMILES string of the molecule is CN(CCCC(=O)O)C(=O)Nc1cnns1. The van der Waals surface area contributed by atoms with Gasteiger partial charge in [-0.15, -0.1) is 5.10 Å². The topological polar surface area (TPSA) is 95.4 Å². The molecule has 0 aromatic carbocycles. The van der Waals surface area contributed by atoms with E-state index in [2.05, 4.69) is 14.9 Å². The molecule has 7 nitrogen and oxygen atoms in total. The van der Waals surface area contributed by atoms with Crippen molar-refractivity contribution in [2.45, 2.75) is 12.8 Å². The smallest absolute Gasteiger partial charge is 0.322 e. The number of aliphatic carboxylic acids is 1. The second-order valence-corrected chi connectivity index (χ2v) is 3.92. The first kappa shape index (κ1) is 12.4. The van der Waals surface area contributed by atoms with E-state index in [-0.39, 0.29) is 12.5 Å². The van der Waals surface area contributed by atoms with Crippen molar-refractivity contribution in [3.63, 3.8) is 0 Å². The molecule has 0 saturated heterocycles. The number of anilines is 1. The zero-order valence-corrected chi connectivity index (χ0v) is 9.53. The van der Waals surface area contributed by atoms with Gasteiger partial charge in [0.2, 0.25) is 0 Å². The Morgan fingerprint density at radius 3 is 2.94 bits per heavy atom. The highest BCUT2D eigenvalue weighted by Gasteiger charge is 2.10. The summed E-state index contributed by atoms with van der Waals surface area (Å²) in [6, 6.07) is -0.295. The molecule has 0 saturated carbocycles. The third-order valence-corrected chi connectivity index (χ3v) is 2.40. The minimum Gasteiger partial charge on any atom is -0.481 e. The standard InChI is InChI=1S/C8H12N4O3S/c1-12(4-2-3-7(13)14)8(15)10-6-5-9-11-16-6/h5H,2-4H2,1H3,(H,10,15)(H,13,14). The van der Waals surface area contributed by atoms with Gasteiger partial charge in [-0.2, -0.15) is 0 Å². The molecule has 0 spiro atoms. The Bertz CT molecular complexity index is 354. The van der Waals surface area contributed by atoms with Crippen LogP contribution in [0.5, 0.6) is 0 Å². The van der Waals surface area contributed by atoms with Crippen LogP contribution in [0.25, 0.3) is 0 Å². The van der Waals surface area contributed by atoms with Gasteiger partial charge in [0.05, 0.1) is 6.20 Å². The van der Waals surface area contributed by atoms with E-state index in [1.807, 2.05) is 0 Å². The van der Waals surface area contributed by atoms with Crippen molar-refractivity contribution in [2.75, 3.05) is 18.9 Å². The summed E-state index contributed by atoms with van der Waals surface area (Å²) in [5.74, 6) is -0.861. The molecule has 0 fully saturated rings. The predicted octanol–water partition coefficient (Wildman–Crippen LogP) is 0.867. The summed E-state index contributed by atoms with van der Waals surface area (Å²) < 4.78 is 3.60. The van der Waals surface area contributed by atoms with Crippen LogP contribution in [0.1, 0.15) is 12.8 Å². The first-order chi connectivity index (χ1) is 7.59. The van der Waals surface area contributed by atoms with Gasteiger partial charge in [0.1, 0.15) is 5.00 Å². The number of hydrogen-bond acceptors (Lipinski definition) is 5. The van der Waals surface area contributed by atoms with E-state index < -0.39 is 5.97 Å². The molecule has 0 unspecified atom stereocenters. The van der Waals surface area contributed by atoms with E-state index in [4.69, 9.17) is 5.11 Å². The highest BCUT2D eigenvalue weighted by Crippen LogP contribution is 2.09. The molecule has 0 aliphatic rings. The van der Waals surface area contributed by atoms with Crippen LogP contribution >= 0.6 is 11.5 Å². The molecule has 1 aromatic rings. The Hall–Kier alpha value is -1.70. The maximum absolute atomic E-state index is 11.5. The second kappa shape index (κ2) is 6.01. The third kappa shape index (κ3) is 4.22. The molecule has 0 bridgehead atoms. The molecular weight excluding hydrogens is 232 g/mol. The van der Waals surface area contributed by atoms with Crippen LogP contribution in [0, 0.1) is 0 Å². The summed E-state index contributed by atoms with van der Waals surface area (Å²) in [6.07, 6.45) is 1.94. The fraction of sp³-hybridized carbons (Fsp3) is 0.500. The van der Waals surface area contributed by atoms with Gasteiger partial charge in [-0.25, -0.2) is 4.79 Å². The number of carboxylic acids is 1. The molecule has 1 aromatic heterocycles. The maximum atomic E-state index is 11.5. The first-order valence-corrected chi connectivity index (χ1v) is 5.38. The molecule has 1 rings (SSSR count). The fourth-order valence-corrected chi connectivity index (χ4v) is 1.40. The Balaban J connectivity index is 2.28. The van der Waals surface area contributed by atoms with E-state index in [9.17, 15) is 9.59 Å². The lowest BCUT2D eigenvalue weighted by Crippen LogP contribution is -2.32. The Labute approximate surface area is 96.2 Å². The quantitative estimate of drug-likeness (QED) is 0.801. The molecule has 16 heavy (non-hydrogen) atoms. The molecule has 2 amide bonds. The summed E-state index contributed by atoms with van der Waals surface area (Å²) in [5, 5.41) is 15.2. The Kier molecular flexibility index (Phi) is 4.65. The van der Waals surface area contributed by atoms with Crippen LogP contribution in [0.15, 0.2) is 6.20 Å². The lowest BCUT2D eigenvalue weighted by Gasteiger charge is -2.16. The lowest BCUT2D eigenvalue weighted by molar-refractivity contribution is -0.137. The van der Waals surface area contributed by atoms with Gasteiger partial charge in [0.25, 0.3) is 0 Å². The molecule has 0 aliphatic carbocycles. The van der Waals surface area contributed by atoms with Gasteiger partial charge in [0.15, 0.2) is 0 Å². The van der Waals surface area contributed by atoms with Crippen molar-refractivity contribution >= 4 is 28.5 Å². The molecule has 2 N–H and O–H groups in total. The molecule has 0 atom stereocenters. The number of rotatable bonds is 5. The lowest BCUT2D eigenvalue weighted by atomic mass is 10.3. The van der Waals surface area contributed by atoms with Gasteiger partial charge in [0, 0.05) is 31.5 Å². The summed E-state index contributed by atoms with van der Waals surface area (Å²) in [5.41, 5.74) is 0. The minimum atomic E-state index is -0.861. The largest absolute Gasteiger partial charge is 0.481 e. The van der Waals surface area contributed by atoms with E-state index in [1.54, 1.807) is 7.05 Å². The second-order valence-electron chi connectivity index (χ2n) is 3.13. The predicted molar refractivity (Wildman–Crippen MR) is 58.4 cm³/mol. The Morgan fingerprint density at radius 2 is 2.38 bits per heavy atom. The number of carbonyl (C=O) groups is 2. The minimum absolute atomic E-state index is 0.0553. The zero-order chi connectivity index (χ0) is 12.0. The number of aromatic nitrogens is 2. The van der Waals surface area contributed by atoms with Crippen LogP contribution in [0.2, 0.25) is 0 Å². The highest BCUT2D eigenvalue weighted by atomic mass is 32.1. The normalized spacial score (nSPS) is 9.81. The number of carboxylic acid groups (broad SMARTS) is 1. The van der Waals surface area contributed by atoms with E-state index >= 15 is 0 Å². The van der Waals surface area contributed by atoms with Gasteiger partial charge >= 0.3 is 12.0 Å². The average Bonchev–Trinajstić information content (AvgIpc) is 2.69. The van der Waals surface area contributed by atoms with Gasteiger partial charge in [-0.3, -0.25) is 10.1 Å². The van der Waals surface area contributed by atoms with E-state index in [0.29, 0.717) is 18.0 Å². The van der Waals surface area contributed by atoms with Crippen molar-refractivity contribution in [1.29, 1.82) is 0 Å². The summed E-state index contributed by atoms with van der Waals surface area (Å²) in [7, 11) is 1.60. The number of carbonyl (C=O) groups excluding carboxylic acids is 1. The number of hydrogen-bond donors (Lipinski definition) is 2. The van der Waals surface area contributed by atoms with Crippen molar-refractivity contribution in [3.05, 3.63) is 6.20 Å². The summed E-state index contributed by atoms with van der Waals surface area (Å²) in [6.45, 7) is 0.393. The van der Waals surface area contributed by atoms with Gasteiger partial charge in [-0.1, -0.05) is 4.49 Å². The maximum Gasteiger partial charge on any atom is 0.322 e. The number of amides is 2. The van der Waals surface area contributed by atoms with Crippen molar-refractivity contribution < 1.29 is 14.7 Å². The van der Waals surface area contributed by atoms with Crippen LogP contribution < -0.4 is 5.32 Å². The molecule has 1 heterocycles. The van der Waals surface area contributed by atoms with E-state index in [0.717, 1.165) is 11.5 Å². The molecule has 0 radical (unpaired) electrons. The highest BCUT2D eigenvalue weighted by molar-refractivity contribution is 7.10. The molecular formula is C8H12N4O3S. The number of nitrogens with one attached hydrogen (secondary N) is 1.